The van der Waals surface area contributed by atoms with Crippen LogP contribution in [0.3, 0.4) is 0 Å². The van der Waals surface area contributed by atoms with Crippen LogP contribution in [-0.4, -0.2) is 15.7 Å². The van der Waals surface area contributed by atoms with Gasteiger partial charge < -0.3 is 5.73 Å². The quantitative estimate of drug-likeness (QED) is 0.756. The number of amides is 1. The zero-order valence-corrected chi connectivity index (χ0v) is 6.89. The van der Waals surface area contributed by atoms with E-state index in [4.69, 9.17) is 5.73 Å². The first-order valence-corrected chi connectivity index (χ1v) is 2.83. The molecular formula is C5H5ClF3N3O. The second kappa shape index (κ2) is 3.65. The average molecular weight is 216 g/mol. The van der Waals surface area contributed by atoms with Crippen molar-refractivity contribution in [2.45, 2.75) is 6.30 Å². The predicted molar refractivity (Wildman–Crippen MR) is 39.3 cm³/mol. The molecule has 0 aliphatic heterocycles. The molecule has 0 aliphatic carbocycles. The summed E-state index contributed by atoms with van der Waals surface area (Å²) >= 11 is 0. The summed E-state index contributed by atoms with van der Waals surface area (Å²) in [5.41, 5.74) is 4.44. The van der Waals surface area contributed by atoms with E-state index in [1.807, 2.05) is 0 Å². The van der Waals surface area contributed by atoms with Crippen LogP contribution in [0.15, 0.2) is 12.4 Å². The van der Waals surface area contributed by atoms with E-state index < -0.39 is 12.2 Å². The van der Waals surface area contributed by atoms with Crippen molar-refractivity contribution in [2.75, 3.05) is 0 Å². The van der Waals surface area contributed by atoms with Crippen molar-refractivity contribution in [3.05, 3.63) is 18.0 Å². The Morgan fingerprint density at radius 3 is 2.31 bits per heavy atom. The third-order valence-electron chi connectivity index (χ3n) is 1.13. The van der Waals surface area contributed by atoms with E-state index >= 15 is 0 Å². The van der Waals surface area contributed by atoms with E-state index in [0.29, 0.717) is 6.20 Å². The van der Waals surface area contributed by atoms with Gasteiger partial charge in [-0.25, -0.2) is 0 Å². The van der Waals surface area contributed by atoms with Crippen LogP contribution < -0.4 is 5.73 Å². The summed E-state index contributed by atoms with van der Waals surface area (Å²) in [4.78, 5) is 10.3. The number of halogens is 4. The van der Waals surface area contributed by atoms with Crippen LogP contribution in [0.1, 0.15) is 10.4 Å². The predicted octanol–water partition coefficient (Wildman–Crippen LogP) is 0.880. The average Bonchev–Trinajstić information content (AvgIpc) is 2.30. The van der Waals surface area contributed by atoms with E-state index in [9.17, 15) is 18.0 Å². The number of nitrogens with two attached hydrogens (primary N) is 1. The molecule has 1 rings (SSSR count). The van der Waals surface area contributed by atoms with Gasteiger partial charge in [-0.2, -0.15) is 9.78 Å². The lowest BCUT2D eigenvalue weighted by Gasteiger charge is -2.03. The molecule has 0 saturated carbocycles. The van der Waals surface area contributed by atoms with Crippen molar-refractivity contribution in [1.29, 1.82) is 0 Å². The highest BCUT2D eigenvalue weighted by Crippen LogP contribution is 2.20. The second-order valence-electron chi connectivity index (χ2n) is 2.01. The minimum atomic E-state index is -4.60. The zero-order valence-electron chi connectivity index (χ0n) is 6.08. The van der Waals surface area contributed by atoms with E-state index in [1.54, 1.807) is 0 Å². The number of aromatic nitrogens is 2. The number of carbonyl (C=O) groups is 1. The molecule has 4 nitrogen and oxygen atoms in total. The van der Waals surface area contributed by atoms with Gasteiger partial charge in [-0.1, -0.05) is 0 Å². The maximum Gasteiger partial charge on any atom is 0.504 e. The number of rotatable bonds is 1. The summed E-state index contributed by atoms with van der Waals surface area (Å²) in [5, 5.41) is 2.90. The molecule has 13 heavy (non-hydrogen) atoms. The van der Waals surface area contributed by atoms with Gasteiger partial charge in [0, 0.05) is 6.20 Å². The molecule has 2 N–H and O–H groups in total. The van der Waals surface area contributed by atoms with Gasteiger partial charge in [0.2, 0.25) is 0 Å². The van der Waals surface area contributed by atoms with E-state index in [1.165, 1.54) is 0 Å². The fraction of sp³-hybridized carbons (Fsp3) is 0.200. The van der Waals surface area contributed by atoms with Crippen LogP contribution in [0.25, 0.3) is 0 Å². The highest BCUT2D eigenvalue weighted by Gasteiger charge is 2.31. The van der Waals surface area contributed by atoms with Crippen molar-refractivity contribution in [1.82, 2.24) is 9.78 Å². The third-order valence-corrected chi connectivity index (χ3v) is 1.13. The first kappa shape index (κ1) is 11.8. The number of alkyl halides is 3. The molecule has 1 amide bonds. The van der Waals surface area contributed by atoms with Gasteiger partial charge in [0.1, 0.15) is 0 Å². The Balaban J connectivity index is 0.00000144. The molecule has 0 unspecified atom stereocenters. The Morgan fingerprint density at radius 1 is 1.54 bits per heavy atom. The SMILES string of the molecule is Cl.NC(=O)c1cnn(C(F)(F)F)c1. The van der Waals surface area contributed by atoms with Crippen molar-refractivity contribution in [3.8, 4) is 0 Å². The molecular weight excluding hydrogens is 211 g/mol. The molecule has 0 aliphatic rings. The molecule has 1 heterocycles. The Bertz CT molecular complexity index is 308. The Labute approximate surface area is 76.9 Å². The van der Waals surface area contributed by atoms with E-state index in [0.717, 1.165) is 6.20 Å². The lowest BCUT2D eigenvalue weighted by Crippen LogP contribution is -2.17. The van der Waals surface area contributed by atoms with E-state index in [-0.39, 0.29) is 22.7 Å². The summed E-state index contributed by atoms with van der Waals surface area (Å²) in [5.74, 6) is -0.939. The lowest BCUT2D eigenvalue weighted by molar-refractivity contribution is -0.212. The van der Waals surface area contributed by atoms with Crippen LogP contribution in [0.5, 0.6) is 0 Å². The molecule has 1 aromatic heterocycles. The molecule has 0 bridgehead atoms. The molecule has 74 valence electrons. The molecule has 8 heteroatoms. The third kappa shape index (κ3) is 2.62. The van der Waals surface area contributed by atoms with Crippen molar-refractivity contribution < 1.29 is 18.0 Å². The molecule has 0 fully saturated rings. The summed E-state index contributed by atoms with van der Waals surface area (Å²) in [6, 6.07) is 0. The number of primary amides is 1. The Kier molecular flexibility index (Phi) is 3.30. The fourth-order valence-electron chi connectivity index (χ4n) is 0.589. The number of carbonyl (C=O) groups excluding carboxylic acids is 1. The van der Waals surface area contributed by atoms with Crippen LogP contribution in [0, 0.1) is 0 Å². The van der Waals surface area contributed by atoms with E-state index in [2.05, 4.69) is 5.10 Å². The lowest BCUT2D eigenvalue weighted by atomic mass is 10.4. The summed E-state index contributed by atoms with van der Waals surface area (Å²) in [6.07, 6.45) is -3.31. The Hall–Kier alpha value is -1.24. The Morgan fingerprint density at radius 2 is 2.08 bits per heavy atom. The molecule has 0 aromatic carbocycles. The maximum atomic E-state index is 11.8. The molecule has 1 aromatic rings. The molecule has 0 spiro atoms. The number of nitrogens with zero attached hydrogens (tertiary/aromatic N) is 2. The van der Waals surface area contributed by atoms with Crippen LogP contribution in [0.4, 0.5) is 13.2 Å². The highest BCUT2D eigenvalue weighted by atomic mass is 35.5. The summed E-state index contributed by atoms with van der Waals surface area (Å²) in [7, 11) is 0. The van der Waals surface area contributed by atoms with Crippen molar-refractivity contribution >= 4 is 18.3 Å². The maximum absolute atomic E-state index is 11.8. The van der Waals surface area contributed by atoms with Crippen molar-refractivity contribution in [2.24, 2.45) is 5.73 Å². The topological polar surface area (TPSA) is 60.9 Å². The molecule has 0 radical (unpaired) electrons. The zero-order chi connectivity index (χ0) is 9.35. The van der Waals surface area contributed by atoms with Crippen LogP contribution in [-0.2, 0) is 6.30 Å². The summed E-state index contributed by atoms with van der Waals surface area (Å²) in [6.45, 7) is 0. The fourth-order valence-corrected chi connectivity index (χ4v) is 0.589. The monoisotopic (exact) mass is 215 g/mol. The van der Waals surface area contributed by atoms with Gasteiger partial charge in [0.25, 0.3) is 5.91 Å². The van der Waals surface area contributed by atoms with Gasteiger partial charge in [-0.3, -0.25) is 4.79 Å². The second-order valence-corrected chi connectivity index (χ2v) is 2.01. The van der Waals surface area contributed by atoms with Gasteiger partial charge in [0.05, 0.1) is 11.8 Å². The standard InChI is InChI=1S/C5H4F3N3O.ClH/c6-5(7,8)11-2-3(1-10-11)4(9)12;/h1-2H,(H2,9,12);1H. The molecule has 0 atom stereocenters. The van der Waals surface area contributed by atoms with Gasteiger partial charge in [0.15, 0.2) is 0 Å². The number of hydrogen-bond acceptors (Lipinski definition) is 2. The first-order valence-electron chi connectivity index (χ1n) is 2.83. The van der Waals surface area contributed by atoms with Gasteiger partial charge in [-0.15, -0.1) is 25.6 Å². The number of hydrogen-bond donors (Lipinski definition) is 1. The smallest absolute Gasteiger partial charge is 0.366 e. The van der Waals surface area contributed by atoms with Crippen LogP contribution >= 0.6 is 12.4 Å². The van der Waals surface area contributed by atoms with Gasteiger partial charge >= 0.3 is 6.30 Å². The minimum Gasteiger partial charge on any atom is -0.366 e. The van der Waals surface area contributed by atoms with Crippen LogP contribution in [0.2, 0.25) is 0 Å². The largest absolute Gasteiger partial charge is 0.504 e. The minimum absolute atomic E-state index is 0. The highest BCUT2D eigenvalue weighted by molar-refractivity contribution is 5.92. The van der Waals surface area contributed by atoms with Crippen molar-refractivity contribution in [3.63, 3.8) is 0 Å². The van der Waals surface area contributed by atoms with Gasteiger partial charge in [-0.05, 0) is 0 Å². The first-order chi connectivity index (χ1) is 5.41. The molecule has 0 saturated heterocycles. The normalized spacial score (nSPS) is 10.7. The summed E-state index contributed by atoms with van der Waals surface area (Å²) < 4.78 is 35.2.